The molecule has 2 unspecified atom stereocenters. The first-order chi connectivity index (χ1) is 9.31. The summed E-state index contributed by atoms with van der Waals surface area (Å²) in [5, 5.41) is 3.70. The minimum absolute atomic E-state index is 0.478. The van der Waals surface area contributed by atoms with Gasteiger partial charge in [-0.15, -0.1) is 12.3 Å². The van der Waals surface area contributed by atoms with Crippen molar-refractivity contribution in [2.24, 2.45) is 0 Å². The summed E-state index contributed by atoms with van der Waals surface area (Å²) in [6.07, 6.45) is 8.59. The van der Waals surface area contributed by atoms with E-state index in [1.165, 1.54) is 18.5 Å². The number of nitrogens with zero attached hydrogens (tertiary/aromatic N) is 1. The van der Waals surface area contributed by atoms with Gasteiger partial charge in [-0.1, -0.05) is 37.3 Å². The highest BCUT2D eigenvalue weighted by atomic mass is 15.2. The van der Waals surface area contributed by atoms with E-state index in [-0.39, 0.29) is 0 Å². The molecule has 2 rings (SSSR count). The zero-order chi connectivity index (χ0) is 13.5. The van der Waals surface area contributed by atoms with E-state index in [2.05, 4.69) is 53.4 Å². The zero-order valence-corrected chi connectivity index (χ0v) is 11.8. The van der Waals surface area contributed by atoms with E-state index in [9.17, 15) is 0 Å². The number of hydrogen-bond acceptors (Lipinski definition) is 2. The molecule has 0 spiro atoms. The van der Waals surface area contributed by atoms with Crippen LogP contribution in [-0.4, -0.2) is 30.1 Å². The van der Waals surface area contributed by atoms with Gasteiger partial charge in [0.05, 0.1) is 0 Å². The first-order valence-corrected chi connectivity index (χ1v) is 7.27. The number of benzene rings is 1. The van der Waals surface area contributed by atoms with Gasteiger partial charge in [-0.2, -0.15) is 0 Å². The summed E-state index contributed by atoms with van der Waals surface area (Å²) in [5.74, 6) is 2.77. The molecule has 2 atom stereocenters. The molecular formula is C17H24N2. The molecule has 19 heavy (non-hydrogen) atoms. The Morgan fingerprint density at radius 3 is 2.89 bits per heavy atom. The van der Waals surface area contributed by atoms with Crippen LogP contribution in [0.4, 0.5) is 0 Å². The molecule has 0 aliphatic carbocycles. The molecule has 1 fully saturated rings. The van der Waals surface area contributed by atoms with Gasteiger partial charge >= 0.3 is 0 Å². The minimum atomic E-state index is 0.478. The summed E-state index contributed by atoms with van der Waals surface area (Å²) < 4.78 is 0. The smallest absolute Gasteiger partial charge is 0.0240 e. The topological polar surface area (TPSA) is 15.3 Å². The van der Waals surface area contributed by atoms with Gasteiger partial charge in [-0.25, -0.2) is 0 Å². The Labute approximate surface area is 117 Å². The number of likely N-dealkylation sites (tertiary alicyclic amines) is 1. The SMILES string of the molecule is C#CCC(CC)NC1CCN(Cc2ccccc2)C1. The Hall–Kier alpha value is -1.30. The highest BCUT2D eigenvalue weighted by molar-refractivity contribution is 5.14. The van der Waals surface area contributed by atoms with Crippen LogP contribution in [0.3, 0.4) is 0 Å². The molecule has 0 bridgehead atoms. The first kappa shape index (κ1) is 14.1. The average Bonchev–Trinajstić information content (AvgIpc) is 2.86. The molecule has 1 aliphatic rings. The quantitative estimate of drug-likeness (QED) is 0.787. The van der Waals surface area contributed by atoms with E-state index in [1.807, 2.05) is 0 Å². The van der Waals surface area contributed by atoms with Crippen molar-refractivity contribution in [3.63, 3.8) is 0 Å². The van der Waals surface area contributed by atoms with Crippen LogP contribution >= 0.6 is 0 Å². The van der Waals surface area contributed by atoms with Crippen molar-refractivity contribution in [1.82, 2.24) is 10.2 Å². The second kappa shape index (κ2) is 7.33. The van der Waals surface area contributed by atoms with Crippen molar-refractivity contribution < 1.29 is 0 Å². The van der Waals surface area contributed by atoms with E-state index in [4.69, 9.17) is 6.42 Å². The van der Waals surface area contributed by atoms with Crippen LogP contribution in [0.15, 0.2) is 30.3 Å². The van der Waals surface area contributed by atoms with Crippen LogP contribution in [0.2, 0.25) is 0 Å². The van der Waals surface area contributed by atoms with Gasteiger partial charge in [0, 0.05) is 38.1 Å². The summed E-state index contributed by atoms with van der Waals surface area (Å²) in [5.41, 5.74) is 1.40. The molecule has 1 saturated heterocycles. The Kier molecular flexibility index (Phi) is 5.44. The van der Waals surface area contributed by atoms with Crippen molar-refractivity contribution in [2.75, 3.05) is 13.1 Å². The molecule has 0 saturated carbocycles. The van der Waals surface area contributed by atoms with Crippen LogP contribution in [-0.2, 0) is 6.54 Å². The molecule has 0 amide bonds. The van der Waals surface area contributed by atoms with Gasteiger partial charge in [-0.3, -0.25) is 4.90 Å². The Morgan fingerprint density at radius 1 is 1.42 bits per heavy atom. The fourth-order valence-electron chi connectivity index (χ4n) is 2.75. The third-order valence-electron chi connectivity index (χ3n) is 3.85. The fraction of sp³-hybridized carbons (Fsp3) is 0.529. The van der Waals surface area contributed by atoms with Gasteiger partial charge < -0.3 is 5.32 Å². The van der Waals surface area contributed by atoms with Gasteiger partial charge in [0.1, 0.15) is 0 Å². The molecule has 1 aromatic carbocycles. The van der Waals surface area contributed by atoms with E-state index in [1.54, 1.807) is 0 Å². The summed E-state index contributed by atoms with van der Waals surface area (Å²) in [6, 6.07) is 11.8. The number of rotatable bonds is 6. The molecular weight excluding hydrogens is 232 g/mol. The van der Waals surface area contributed by atoms with Crippen molar-refractivity contribution in [2.45, 2.75) is 44.8 Å². The van der Waals surface area contributed by atoms with E-state index >= 15 is 0 Å². The Balaban J connectivity index is 1.78. The molecule has 0 aromatic heterocycles. The second-order valence-electron chi connectivity index (χ2n) is 5.39. The lowest BCUT2D eigenvalue weighted by molar-refractivity contribution is 0.313. The van der Waals surface area contributed by atoms with Crippen molar-refractivity contribution in [3.8, 4) is 12.3 Å². The summed E-state index contributed by atoms with van der Waals surface area (Å²) in [7, 11) is 0. The van der Waals surface area contributed by atoms with E-state index < -0.39 is 0 Å². The number of hydrogen-bond donors (Lipinski definition) is 1. The fourth-order valence-corrected chi connectivity index (χ4v) is 2.75. The summed E-state index contributed by atoms with van der Waals surface area (Å²) in [6.45, 7) is 5.58. The molecule has 102 valence electrons. The third-order valence-corrected chi connectivity index (χ3v) is 3.85. The van der Waals surface area contributed by atoms with Crippen LogP contribution in [0.1, 0.15) is 31.7 Å². The minimum Gasteiger partial charge on any atom is -0.309 e. The lowest BCUT2D eigenvalue weighted by Crippen LogP contribution is -2.39. The molecule has 0 radical (unpaired) electrons. The predicted octanol–water partition coefficient (Wildman–Crippen LogP) is 2.65. The van der Waals surface area contributed by atoms with Gasteiger partial charge in [0.2, 0.25) is 0 Å². The van der Waals surface area contributed by atoms with Crippen LogP contribution in [0.25, 0.3) is 0 Å². The van der Waals surface area contributed by atoms with Crippen LogP contribution < -0.4 is 5.32 Å². The third kappa shape index (κ3) is 4.38. The maximum absolute atomic E-state index is 5.41. The average molecular weight is 256 g/mol. The molecule has 1 aromatic rings. The molecule has 2 heteroatoms. The number of terminal acetylenes is 1. The highest BCUT2D eigenvalue weighted by Crippen LogP contribution is 2.14. The first-order valence-electron chi connectivity index (χ1n) is 7.27. The van der Waals surface area contributed by atoms with Crippen molar-refractivity contribution in [3.05, 3.63) is 35.9 Å². The van der Waals surface area contributed by atoms with E-state index in [0.29, 0.717) is 12.1 Å². The van der Waals surface area contributed by atoms with Crippen LogP contribution in [0, 0.1) is 12.3 Å². The molecule has 2 nitrogen and oxygen atoms in total. The Bertz CT molecular complexity index is 407. The monoisotopic (exact) mass is 256 g/mol. The summed E-state index contributed by atoms with van der Waals surface area (Å²) in [4.78, 5) is 2.52. The lowest BCUT2D eigenvalue weighted by atomic mass is 10.1. The van der Waals surface area contributed by atoms with Gasteiger partial charge in [0.15, 0.2) is 0 Å². The van der Waals surface area contributed by atoms with Crippen LogP contribution in [0.5, 0.6) is 0 Å². The summed E-state index contributed by atoms with van der Waals surface area (Å²) >= 11 is 0. The Morgan fingerprint density at radius 2 is 2.21 bits per heavy atom. The van der Waals surface area contributed by atoms with Gasteiger partial charge in [0.25, 0.3) is 0 Å². The lowest BCUT2D eigenvalue weighted by Gasteiger charge is -2.21. The standard InChI is InChI=1S/C17H24N2/c1-3-8-16(4-2)18-17-11-12-19(14-17)13-15-9-6-5-7-10-15/h1,5-7,9-10,16-18H,4,8,11-14H2,2H3. The second-order valence-corrected chi connectivity index (χ2v) is 5.39. The van der Waals surface area contributed by atoms with Gasteiger partial charge in [-0.05, 0) is 18.4 Å². The molecule has 1 aliphatic heterocycles. The normalized spacial score (nSPS) is 21.2. The predicted molar refractivity (Wildman–Crippen MR) is 80.8 cm³/mol. The van der Waals surface area contributed by atoms with Crippen molar-refractivity contribution >= 4 is 0 Å². The molecule has 1 N–H and O–H groups in total. The largest absolute Gasteiger partial charge is 0.309 e. The highest BCUT2D eigenvalue weighted by Gasteiger charge is 2.23. The van der Waals surface area contributed by atoms with Crippen molar-refractivity contribution in [1.29, 1.82) is 0 Å². The number of nitrogens with one attached hydrogen (secondary N) is 1. The zero-order valence-electron chi connectivity index (χ0n) is 11.8. The maximum atomic E-state index is 5.41. The maximum Gasteiger partial charge on any atom is 0.0240 e. The molecule has 1 heterocycles. The van der Waals surface area contributed by atoms with E-state index in [0.717, 1.165) is 25.9 Å².